The number of fused-ring (bicyclic) bond motifs is 1. The minimum Gasteiger partial charge on any atom is -0.384 e. The van der Waals surface area contributed by atoms with Crippen molar-refractivity contribution in [3.8, 4) is 11.3 Å². The van der Waals surface area contributed by atoms with E-state index in [0.717, 1.165) is 41.0 Å². The van der Waals surface area contributed by atoms with Gasteiger partial charge >= 0.3 is 0 Å². The summed E-state index contributed by atoms with van der Waals surface area (Å²) in [5, 5.41) is 8.92. The largest absolute Gasteiger partial charge is 0.384 e. The molecular weight excluding hydrogens is 238 g/mol. The van der Waals surface area contributed by atoms with Gasteiger partial charge in [0.05, 0.1) is 11.7 Å². The maximum Gasteiger partial charge on any atom is 0.125 e. The van der Waals surface area contributed by atoms with Gasteiger partial charge < -0.3 is 5.73 Å². The summed E-state index contributed by atoms with van der Waals surface area (Å²) in [6, 6.07) is 6.01. The molecule has 0 radical (unpaired) electrons. The molecule has 0 saturated carbocycles. The Labute approximate surface area is 111 Å². The molecule has 98 valence electrons. The van der Waals surface area contributed by atoms with Gasteiger partial charge in [0.1, 0.15) is 11.5 Å². The Morgan fingerprint density at radius 2 is 2.16 bits per heavy atom. The third-order valence-corrected chi connectivity index (χ3v) is 3.38. The van der Waals surface area contributed by atoms with E-state index in [2.05, 4.69) is 17.1 Å². The van der Waals surface area contributed by atoms with Gasteiger partial charge in [-0.15, -0.1) is 0 Å². The first-order valence-corrected chi connectivity index (χ1v) is 6.46. The lowest BCUT2D eigenvalue weighted by molar-refractivity contribution is 0.781. The standard InChI is InChI=1S/C14H17N5/c1-3-6-10-13(17-18(2)14(10)15)11-9-16-19-8-5-4-7-12(11)19/h4-5,7-9H,3,6,15H2,1-2H3. The molecule has 0 amide bonds. The van der Waals surface area contributed by atoms with Crippen LogP contribution < -0.4 is 5.73 Å². The summed E-state index contributed by atoms with van der Waals surface area (Å²) in [5.74, 6) is 0.743. The van der Waals surface area contributed by atoms with E-state index in [0.29, 0.717) is 0 Å². The highest BCUT2D eigenvalue weighted by atomic mass is 15.3. The van der Waals surface area contributed by atoms with Gasteiger partial charge in [-0.1, -0.05) is 19.4 Å². The summed E-state index contributed by atoms with van der Waals surface area (Å²) in [6.07, 6.45) is 5.77. The normalized spacial score (nSPS) is 11.3. The minimum absolute atomic E-state index is 0.743. The average molecular weight is 255 g/mol. The molecule has 3 aromatic rings. The molecule has 0 atom stereocenters. The van der Waals surface area contributed by atoms with Gasteiger partial charge in [-0.3, -0.25) is 4.68 Å². The van der Waals surface area contributed by atoms with Crippen molar-refractivity contribution in [1.29, 1.82) is 0 Å². The van der Waals surface area contributed by atoms with E-state index in [1.165, 1.54) is 0 Å². The number of aryl methyl sites for hydroxylation is 1. The highest BCUT2D eigenvalue weighted by Gasteiger charge is 2.17. The summed E-state index contributed by atoms with van der Waals surface area (Å²) in [7, 11) is 1.88. The topological polar surface area (TPSA) is 61.1 Å². The lowest BCUT2D eigenvalue weighted by Crippen LogP contribution is -1.99. The van der Waals surface area contributed by atoms with Crippen molar-refractivity contribution in [2.45, 2.75) is 19.8 Å². The van der Waals surface area contributed by atoms with Crippen LogP contribution in [0.4, 0.5) is 5.82 Å². The van der Waals surface area contributed by atoms with E-state index in [9.17, 15) is 0 Å². The summed E-state index contributed by atoms with van der Waals surface area (Å²) >= 11 is 0. The Bertz CT molecular complexity index is 723. The Morgan fingerprint density at radius 1 is 1.32 bits per heavy atom. The number of aromatic nitrogens is 4. The maximum absolute atomic E-state index is 6.11. The highest BCUT2D eigenvalue weighted by molar-refractivity contribution is 5.81. The van der Waals surface area contributed by atoms with Crippen LogP contribution in [-0.2, 0) is 13.5 Å². The van der Waals surface area contributed by atoms with Gasteiger partial charge in [-0.25, -0.2) is 4.52 Å². The van der Waals surface area contributed by atoms with Gasteiger partial charge in [-0.05, 0) is 18.6 Å². The van der Waals surface area contributed by atoms with Crippen molar-refractivity contribution in [3.63, 3.8) is 0 Å². The quantitative estimate of drug-likeness (QED) is 0.781. The number of nitrogen functional groups attached to an aromatic ring is 1. The van der Waals surface area contributed by atoms with Gasteiger partial charge in [0, 0.05) is 24.4 Å². The van der Waals surface area contributed by atoms with Gasteiger partial charge in [-0.2, -0.15) is 10.2 Å². The van der Waals surface area contributed by atoms with Crippen molar-refractivity contribution < 1.29 is 0 Å². The van der Waals surface area contributed by atoms with Crippen LogP contribution in [0.1, 0.15) is 18.9 Å². The highest BCUT2D eigenvalue weighted by Crippen LogP contribution is 2.30. The molecule has 0 aliphatic heterocycles. The van der Waals surface area contributed by atoms with Gasteiger partial charge in [0.2, 0.25) is 0 Å². The Kier molecular flexibility index (Phi) is 2.74. The van der Waals surface area contributed by atoms with Crippen LogP contribution in [0, 0.1) is 0 Å². The number of pyridine rings is 1. The molecule has 5 heteroatoms. The lowest BCUT2D eigenvalue weighted by atomic mass is 10.1. The Balaban J connectivity index is 2.24. The Morgan fingerprint density at radius 3 is 2.95 bits per heavy atom. The summed E-state index contributed by atoms with van der Waals surface area (Å²) in [4.78, 5) is 0. The second-order valence-corrected chi connectivity index (χ2v) is 4.67. The van der Waals surface area contributed by atoms with Crippen molar-refractivity contribution in [1.82, 2.24) is 19.4 Å². The second kappa shape index (κ2) is 4.42. The second-order valence-electron chi connectivity index (χ2n) is 4.67. The number of nitrogens with two attached hydrogens (primary N) is 1. The molecule has 0 aliphatic rings. The van der Waals surface area contributed by atoms with Crippen LogP contribution in [-0.4, -0.2) is 19.4 Å². The Hall–Kier alpha value is -2.30. The minimum atomic E-state index is 0.743. The molecule has 5 nitrogen and oxygen atoms in total. The summed E-state index contributed by atoms with van der Waals surface area (Å²) in [5.41, 5.74) is 10.3. The molecule has 3 heterocycles. The molecule has 2 N–H and O–H groups in total. The van der Waals surface area contributed by atoms with Crippen LogP contribution in [0.15, 0.2) is 30.6 Å². The monoisotopic (exact) mass is 255 g/mol. The van der Waals surface area contributed by atoms with Crippen molar-refractivity contribution in [2.75, 3.05) is 5.73 Å². The number of nitrogens with zero attached hydrogens (tertiary/aromatic N) is 4. The summed E-state index contributed by atoms with van der Waals surface area (Å²) < 4.78 is 3.60. The van der Waals surface area contributed by atoms with Crippen LogP contribution in [0.5, 0.6) is 0 Å². The third-order valence-electron chi connectivity index (χ3n) is 3.38. The molecule has 0 saturated heterocycles. The zero-order valence-corrected chi connectivity index (χ0v) is 11.2. The fourth-order valence-corrected chi connectivity index (χ4v) is 2.41. The first kappa shape index (κ1) is 11.8. The predicted octanol–water partition coefficient (Wildman–Crippen LogP) is 2.27. The maximum atomic E-state index is 6.11. The van der Waals surface area contributed by atoms with Crippen LogP contribution in [0.2, 0.25) is 0 Å². The van der Waals surface area contributed by atoms with E-state index in [1.807, 2.05) is 42.2 Å². The molecule has 0 aliphatic carbocycles. The third kappa shape index (κ3) is 1.78. The molecule has 19 heavy (non-hydrogen) atoms. The van der Waals surface area contributed by atoms with E-state index in [1.54, 1.807) is 4.68 Å². The van der Waals surface area contributed by atoms with E-state index in [4.69, 9.17) is 5.73 Å². The van der Waals surface area contributed by atoms with E-state index >= 15 is 0 Å². The molecule has 0 spiro atoms. The number of hydrogen-bond donors (Lipinski definition) is 1. The van der Waals surface area contributed by atoms with E-state index in [-0.39, 0.29) is 0 Å². The van der Waals surface area contributed by atoms with Crippen LogP contribution in [0.3, 0.4) is 0 Å². The van der Waals surface area contributed by atoms with Crippen LogP contribution in [0.25, 0.3) is 16.8 Å². The SMILES string of the molecule is CCCc1c(-c2cnn3ccccc23)nn(C)c1N. The molecular formula is C14H17N5. The fraction of sp³-hybridized carbons (Fsp3) is 0.286. The molecule has 0 fully saturated rings. The molecule has 0 bridgehead atoms. The first-order valence-electron chi connectivity index (χ1n) is 6.46. The van der Waals surface area contributed by atoms with Crippen molar-refractivity contribution in [3.05, 3.63) is 36.2 Å². The van der Waals surface area contributed by atoms with Gasteiger partial charge in [0.15, 0.2) is 0 Å². The smallest absolute Gasteiger partial charge is 0.125 e. The fourth-order valence-electron chi connectivity index (χ4n) is 2.41. The van der Waals surface area contributed by atoms with E-state index < -0.39 is 0 Å². The number of anilines is 1. The zero-order chi connectivity index (χ0) is 13.4. The van der Waals surface area contributed by atoms with Crippen molar-refractivity contribution in [2.24, 2.45) is 7.05 Å². The lowest BCUT2D eigenvalue weighted by Gasteiger charge is -2.00. The van der Waals surface area contributed by atoms with Gasteiger partial charge in [0.25, 0.3) is 0 Å². The van der Waals surface area contributed by atoms with Crippen molar-refractivity contribution >= 4 is 11.3 Å². The molecule has 3 aromatic heterocycles. The average Bonchev–Trinajstić information content (AvgIpc) is 2.95. The number of rotatable bonds is 3. The van der Waals surface area contributed by atoms with Crippen LogP contribution >= 0.6 is 0 Å². The first-order chi connectivity index (χ1) is 9.22. The number of hydrogen-bond acceptors (Lipinski definition) is 3. The molecule has 3 rings (SSSR count). The molecule has 0 aromatic carbocycles. The summed E-state index contributed by atoms with van der Waals surface area (Å²) in [6.45, 7) is 2.15. The predicted molar refractivity (Wildman–Crippen MR) is 75.8 cm³/mol. The molecule has 0 unspecified atom stereocenters. The zero-order valence-electron chi connectivity index (χ0n) is 11.2.